The number of anilines is 6. The summed E-state index contributed by atoms with van der Waals surface area (Å²) in [5.74, 6) is 0. The van der Waals surface area contributed by atoms with Crippen LogP contribution in [0.3, 0.4) is 0 Å². The van der Waals surface area contributed by atoms with Crippen LogP contribution in [0.15, 0.2) is 121 Å². The van der Waals surface area contributed by atoms with Gasteiger partial charge in [0.15, 0.2) is 5.71 Å². The zero-order valence-corrected chi connectivity index (χ0v) is 31.9. The van der Waals surface area contributed by atoms with Crippen LogP contribution >= 0.6 is 0 Å². The quantitative estimate of drug-likeness (QED) is 0.182. The molecule has 276 valence electrons. The van der Waals surface area contributed by atoms with Gasteiger partial charge in [-0.05, 0) is 72.8 Å². The third kappa shape index (κ3) is 12.2. The van der Waals surface area contributed by atoms with E-state index in [4.69, 9.17) is 28.0 Å². The molecule has 1 aliphatic rings. The van der Waals surface area contributed by atoms with E-state index in [9.17, 15) is 0 Å². The smallest absolute Gasteiger partial charge is 0.212 e. The topological polar surface area (TPSA) is 157 Å². The van der Waals surface area contributed by atoms with Crippen LogP contribution in [0.1, 0.15) is 0 Å². The van der Waals surface area contributed by atoms with Crippen LogP contribution in [-0.2, 0) is 0 Å². The maximum Gasteiger partial charge on any atom is 0.212 e. The number of nitrogens with zero attached hydrogens (tertiary/aromatic N) is 6. The molecule has 0 amide bonds. The van der Waals surface area contributed by atoms with Crippen LogP contribution in [0.25, 0.3) is 0 Å². The number of hydrogen-bond donors (Lipinski definition) is 0. The first-order valence-electron chi connectivity index (χ1n) is 15.8. The lowest BCUT2D eigenvalue weighted by Crippen LogP contribution is -2.43. The number of rotatable bonds is 8. The van der Waals surface area contributed by atoms with E-state index < -0.39 is 21.6 Å². The summed E-state index contributed by atoms with van der Waals surface area (Å²) in [6.07, 6.45) is 8.71. The van der Waals surface area contributed by atoms with Crippen molar-refractivity contribution in [1.29, 1.82) is 0 Å². The fourth-order valence-corrected chi connectivity index (χ4v) is 5.24. The first-order valence-corrected chi connectivity index (χ1v) is 17.7. The first-order chi connectivity index (χ1) is 24.6. The van der Waals surface area contributed by atoms with Gasteiger partial charge in [-0.15, -0.1) is 0 Å². The SMILES string of the molecule is CN(C)c1ccc(N(c2ccc(N(C)C)cc2)c2ccc([N+](=C3C=CC(=[N+](C)C)C=C3)c3ccc(N(C)C)cc3)cc2)cc1.[O-][Cl+2]([O-])[O-].[O-][Cl+2]([O-])[O-]. The summed E-state index contributed by atoms with van der Waals surface area (Å²) in [5, 5.41) is 0. The summed E-state index contributed by atoms with van der Waals surface area (Å²) >= 11 is 0. The van der Waals surface area contributed by atoms with E-state index in [1.807, 2.05) is 0 Å². The molecule has 0 saturated carbocycles. The van der Waals surface area contributed by atoms with E-state index in [0.717, 1.165) is 34.1 Å². The molecular formula is C38H44Cl2N6O6. The Labute approximate surface area is 312 Å². The second-order valence-corrected chi connectivity index (χ2v) is 13.0. The summed E-state index contributed by atoms with van der Waals surface area (Å²) in [5.41, 5.74) is 11.3. The van der Waals surface area contributed by atoms with Gasteiger partial charge in [-0.25, -0.2) is 4.58 Å². The number of halogens is 2. The molecule has 0 N–H and O–H groups in total. The molecule has 0 aliphatic heterocycles. The van der Waals surface area contributed by atoms with Crippen LogP contribution in [0.2, 0.25) is 0 Å². The number of benzene rings is 4. The summed E-state index contributed by atoms with van der Waals surface area (Å²) < 4.78 is 54.9. The van der Waals surface area contributed by atoms with Crippen LogP contribution in [0, 0.1) is 21.6 Å². The molecule has 14 heteroatoms. The summed E-state index contributed by atoms with van der Waals surface area (Å²) in [6.45, 7) is 0. The van der Waals surface area contributed by atoms with E-state index in [-0.39, 0.29) is 0 Å². The molecular weight excluding hydrogens is 707 g/mol. The van der Waals surface area contributed by atoms with E-state index >= 15 is 0 Å². The molecule has 0 atom stereocenters. The lowest BCUT2D eigenvalue weighted by molar-refractivity contribution is -1.73. The van der Waals surface area contributed by atoms with Gasteiger partial charge in [0.2, 0.25) is 17.1 Å². The third-order valence-corrected chi connectivity index (χ3v) is 7.86. The Kier molecular flexibility index (Phi) is 15.8. The number of allylic oxidation sites excluding steroid dienone is 4. The number of hydrogen-bond acceptors (Lipinski definition) is 10. The lowest BCUT2D eigenvalue weighted by Gasteiger charge is -2.27. The van der Waals surface area contributed by atoms with Crippen LogP contribution in [0.4, 0.5) is 45.5 Å². The summed E-state index contributed by atoms with van der Waals surface area (Å²) in [4.78, 5) is 8.68. The largest absolute Gasteiger partial charge is 0.378 e. The van der Waals surface area contributed by atoms with Crippen molar-refractivity contribution in [3.05, 3.63) is 121 Å². The molecule has 12 nitrogen and oxygen atoms in total. The Balaban J connectivity index is 0.000000827. The normalized spacial score (nSPS) is 11.8. The van der Waals surface area contributed by atoms with Crippen molar-refractivity contribution >= 4 is 56.9 Å². The van der Waals surface area contributed by atoms with Gasteiger partial charge in [-0.1, -0.05) is 0 Å². The maximum absolute atomic E-state index is 8.41. The van der Waals surface area contributed by atoms with Crippen molar-refractivity contribution in [2.45, 2.75) is 0 Å². The highest BCUT2D eigenvalue weighted by molar-refractivity contribution is 6.18. The van der Waals surface area contributed by atoms with Crippen molar-refractivity contribution in [3.63, 3.8) is 0 Å². The third-order valence-electron chi connectivity index (χ3n) is 7.86. The van der Waals surface area contributed by atoms with Gasteiger partial charge < -0.3 is 47.6 Å². The van der Waals surface area contributed by atoms with E-state index in [2.05, 4.69) is 206 Å². The van der Waals surface area contributed by atoms with Gasteiger partial charge in [0, 0.05) is 125 Å². The van der Waals surface area contributed by atoms with E-state index in [1.165, 1.54) is 22.8 Å². The molecule has 0 fully saturated rings. The molecule has 0 heterocycles. The van der Waals surface area contributed by atoms with Gasteiger partial charge >= 0.3 is 0 Å². The van der Waals surface area contributed by atoms with Crippen molar-refractivity contribution in [2.75, 3.05) is 76.0 Å². The molecule has 5 rings (SSSR count). The Morgan fingerprint density at radius 2 is 0.615 bits per heavy atom. The predicted octanol–water partition coefficient (Wildman–Crippen LogP) is 0.335. The van der Waals surface area contributed by atoms with Gasteiger partial charge in [0.1, 0.15) is 14.1 Å². The zero-order valence-electron chi connectivity index (χ0n) is 30.4. The van der Waals surface area contributed by atoms with Crippen LogP contribution in [-0.4, -0.2) is 72.4 Å². The fraction of sp³-hybridized carbons (Fsp3) is 0.211. The first kappa shape index (κ1) is 41.7. The minimum Gasteiger partial charge on any atom is -0.378 e. The van der Waals surface area contributed by atoms with Crippen molar-refractivity contribution in [3.8, 4) is 0 Å². The van der Waals surface area contributed by atoms with Crippen LogP contribution in [0.5, 0.6) is 0 Å². The fourth-order valence-electron chi connectivity index (χ4n) is 5.24. The molecule has 0 radical (unpaired) electrons. The Bertz CT molecular complexity index is 1760. The van der Waals surface area contributed by atoms with Gasteiger partial charge in [-0.2, -0.15) is 4.58 Å². The average molecular weight is 752 g/mol. The summed E-state index contributed by atoms with van der Waals surface area (Å²) in [6, 6.07) is 35.0. The maximum atomic E-state index is 8.41. The van der Waals surface area contributed by atoms with Gasteiger partial charge in [0.25, 0.3) is 0 Å². The van der Waals surface area contributed by atoms with E-state index in [1.54, 1.807) is 0 Å². The lowest BCUT2D eigenvalue weighted by atomic mass is 10.1. The second kappa shape index (κ2) is 19.7. The highest BCUT2D eigenvalue weighted by Gasteiger charge is 2.22. The van der Waals surface area contributed by atoms with Crippen molar-refractivity contribution < 1.29 is 54.1 Å². The molecule has 0 aromatic heterocycles. The highest BCUT2D eigenvalue weighted by atomic mass is 35.6. The highest BCUT2D eigenvalue weighted by Crippen LogP contribution is 2.37. The zero-order chi connectivity index (χ0) is 38.5. The monoisotopic (exact) mass is 750 g/mol. The molecule has 0 bridgehead atoms. The molecule has 4 aromatic carbocycles. The minimum atomic E-state index is -2.85. The Morgan fingerprint density at radius 1 is 0.385 bits per heavy atom. The molecule has 0 spiro atoms. The molecule has 0 saturated heterocycles. The molecule has 52 heavy (non-hydrogen) atoms. The standard InChI is InChI=1S/C38H44N6.2ClO3/c1-39(2)29-9-17-33(18-10-29)43(34-19-11-30(12-20-34)40(3)4)37-25-27-38(28-26-37)44(35-21-13-31(14-22-35)41(5)6)36-23-15-32(16-24-36)42(7)8;2*2-1(3)4/h9-28H,1-8H3;;/q+2;2*-1. The van der Waals surface area contributed by atoms with Crippen molar-refractivity contribution in [2.24, 2.45) is 0 Å². The average Bonchev–Trinajstić information content (AvgIpc) is 3.09. The predicted molar refractivity (Wildman–Crippen MR) is 192 cm³/mol. The molecule has 0 unspecified atom stereocenters. The molecule has 4 aromatic rings. The van der Waals surface area contributed by atoms with E-state index in [0.29, 0.717) is 0 Å². The second-order valence-electron chi connectivity index (χ2n) is 12.2. The van der Waals surface area contributed by atoms with Gasteiger partial charge in [-0.3, -0.25) is 0 Å². The van der Waals surface area contributed by atoms with Gasteiger partial charge in [0.05, 0.1) is 21.6 Å². The van der Waals surface area contributed by atoms with Crippen molar-refractivity contribution in [1.82, 2.24) is 4.58 Å². The van der Waals surface area contributed by atoms with Crippen LogP contribution < -0.4 is 52.1 Å². The Hall–Kier alpha value is -4.76. The summed E-state index contributed by atoms with van der Waals surface area (Å²) in [7, 11) is 10.8. The minimum absolute atomic E-state index is 1.09. The Morgan fingerprint density at radius 3 is 0.885 bits per heavy atom. The molecule has 1 aliphatic carbocycles.